The maximum atomic E-state index is 12.9. The van der Waals surface area contributed by atoms with Crippen LogP contribution in [0.5, 0.6) is 0 Å². The molecule has 1 aromatic heterocycles. The molecule has 2 fully saturated rings. The van der Waals surface area contributed by atoms with Crippen LogP contribution in [0.1, 0.15) is 35.9 Å². The molecule has 1 amide bonds. The summed E-state index contributed by atoms with van der Waals surface area (Å²) in [6.07, 6.45) is 5.90. The van der Waals surface area contributed by atoms with E-state index in [0.717, 1.165) is 25.9 Å². The summed E-state index contributed by atoms with van der Waals surface area (Å²) in [4.78, 5) is 21.6. The van der Waals surface area contributed by atoms with E-state index in [0.29, 0.717) is 23.8 Å². The number of pyridine rings is 1. The summed E-state index contributed by atoms with van der Waals surface area (Å²) in [6.45, 7) is 1.89. The van der Waals surface area contributed by atoms with Gasteiger partial charge in [0.25, 0.3) is 0 Å². The summed E-state index contributed by atoms with van der Waals surface area (Å²) >= 11 is 0. The molecular formula is C22H27N3O. The van der Waals surface area contributed by atoms with Crippen molar-refractivity contribution in [3.8, 4) is 0 Å². The third kappa shape index (κ3) is 3.38. The van der Waals surface area contributed by atoms with Crippen molar-refractivity contribution in [1.82, 2.24) is 14.8 Å². The van der Waals surface area contributed by atoms with Crippen molar-refractivity contribution >= 4 is 5.91 Å². The molecule has 26 heavy (non-hydrogen) atoms. The molecule has 0 radical (unpaired) electrons. The first-order valence-electron chi connectivity index (χ1n) is 9.55. The number of benzene rings is 1. The average Bonchev–Trinajstić information content (AvgIpc) is 3.40. The van der Waals surface area contributed by atoms with Gasteiger partial charge in [-0.2, -0.15) is 0 Å². The predicted molar refractivity (Wildman–Crippen MR) is 103 cm³/mol. The Morgan fingerprint density at radius 3 is 2.69 bits per heavy atom. The minimum Gasteiger partial charge on any atom is -0.345 e. The van der Waals surface area contributed by atoms with Crippen LogP contribution < -0.4 is 0 Å². The molecule has 1 aliphatic heterocycles. The zero-order chi connectivity index (χ0) is 18.1. The third-order valence-corrected chi connectivity index (χ3v) is 6.02. The maximum Gasteiger partial charge on any atom is 0.226 e. The summed E-state index contributed by atoms with van der Waals surface area (Å²) < 4.78 is 0. The van der Waals surface area contributed by atoms with Crippen LogP contribution in [0.2, 0.25) is 0 Å². The fraction of sp³-hybridized carbons (Fsp3) is 0.455. The molecule has 1 saturated carbocycles. The van der Waals surface area contributed by atoms with Crippen LogP contribution >= 0.6 is 0 Å². The first kappa shape index (κ1) is 17.2. The van der Waals surface area contributed by atoms with Crippen LogP contribution in [0, 0.1) is 11.8 Å². The maximum absolute atomic E-state index is 12.9. The van der Waals surface area contributed by atoms with Gasteiger partial charge in [-0.15, -0.1) is 0 Å². The van der Waals surface area contributed by atoms with E-state index in [1.54, 1.807) is 0 Å². The normalized spacial score (nSPS) is 28.1. The molecule has 2 aromatic rings. The van der Waals surface area contributed by atoms with Gasteiger partial charge in [0, 0.05) is 37.9 Å². The second kappa shape index (κ2) is 7.20. The number of likely N-dealkylation sites (tertiary alicyclic amines) is 1. The number of carbonyl (C=O) groups excluding carboxylic acids is 1. The average molecular weight is 349 g/mol. The SMILES string of the molecule is CN(C[C@@H]1CCN(C)[C@H]1c1cccnc1)C(=O)[C@@H]1C[C@@H]1c1ccccc1. The van der Waals surface area contributed by atoms with E-state index >= 15 is 0 Å². The molecule has 0 unspecified atom stereocenters. The second-order valence-electron chi connectivity index (χ2n) is 7.84. The number of carbonyl (C=O) groups is 1. The molecule has 2 heterocycles. The van der Waals surface area contributed by atoms with Gasteiger partial charge in [-0.3, -0.25) is 14.7 Å². The highest BCUT2D eigenvalue weighted by molar-refractivity contribution is 5.82. The van der Waals surface area contributed by atoms with Crippen molar-refractivity contribution in [2.24, 2.45) is 11.8 Å². The topological polar surface area (TPSA) is 36.4 Å². The lowest BCUT2D eigenvalue weighted by molar-refractivity contribution is -0.132. The van der Waals surface area contributed by atoms with Crippen molar-refractivity contribution in [2.45, 2.75) is 24.8 Å². The molecule has 0 bridgehead atoms. The number of hydrogen-bond acceptors (Lipinski definition) is 3. The molecule has 4 heteroatoms. The second-order valence-corrected chi connectivity index (χ2v) is 7.84. The number of aromatic nitrogens is 1. The molecule has 1 aromatic carbocycles. The van der Waals surface area contributed by atoms with Gasteiger partial charge in [0.05, 0.1) is 0 Å². The Kier molecular flexibility index (Phi) is 4.77. The quantitative estimate of drug-likeness (QED) is 0.831. The van der Waals surface area contributed by atoms with Gasteiger partial charge in [-0.25, -0.2) is 0 Å². The lowest BCUT2D eigenvalue weighted by atomic mass is 9.94. The van der Waals surface area contributed by atoms with Crippen LogP contribution in [-0.4, -0.2) is 47.9 Å². The summed E-state index contributed by atoms with van der Waals surface area (Å²) in [5, 5.41) is 0. The van der Waals surface area contributed by atoms with Crippen LogP contribution in [0.15, 0.2) is 54.9 Å². The molecule has 136 valence electrons. The van der Waals surface area contributed by atoms with Gasteiger partial charge >= 0.3 is 0 Å². The zero-order valence-electron chi connectivity index (χ0n) is 15.6. The van der Waals surface area contributed by atoms with Gasteiger partial charge in [-0.1, -0.05) is 36.4 Å². The van der Waals surface area contributed by atoms with Gasteiger partial charge < -0.3 is 4.90 Å². The highest BCUT2D eigenvalue weighted by Gasteiger charge is 2.45. The third-order valence-electron chi connectivity index (χ3n) is 6.02. The van der Waals surface area contributed by atoms with Crippen LogP contribution in [0.25, 0.3) is 0 Å². The Labute approximate surface area is 155 Å². The Balaban J connectivity index is 1.40. The van der Waals surface area contributed by atoms with E-state index in [1.807, 2.05) is 36.5 Å². The minimum atomic E-state index is 0.165. The molecule has 4 atom stereocenters. The molecule has 1 saturated heterocycles. The lowest BCUT2D eigenvalue weighted by Crippen LogP contribution is -2.35. The molecule has 0 spiro atoms. The molecule has 4 rings (SSSR count). The summed E-state index contributed by atoms with van der Waals surface area (Å²) in [7, 11) is 4.15. The first-order chi connectivity index (χ1) is 12.6. The molecule has 1 aliphatic carbocycles. The number of amides is 1. The molecule has 2 aliphatic rings. The Morgan fingerprint density at radius 2 is 1.96 bits per heavy atom. The summed E-state index contributed by atoms with van der Waals surface area (Å²) in [5.74, 6) is 1.34. The van der Waals surface area contributed by atoms with Crippen molar-refractivity contribution in [2.75, 3.05) is 27.2 Å². The van der Waals surface area contributed by atoms with E-state index in [2.05, 4.69) is 47.3 Å². The van der Waals surface area contributed by atoms with E-state index in [9.17, 15) is 4.79 Å². The van der Waals surface area contributed by atoms with Gasteiger partial charge in [-0.05, 0) is 55.5 Å². The van der Waals surface area contributed by atoms with E-state index in [4.69, 9.17) is 0 Å². The van der Waals surface area contributed by atoms with Gasteiger partial charge in [0.1, 0.15) is 0 Å². The van der Waals surface area contributed by atoms with Crippen molar-refractivity contribution in [3.05, 3.63) is 66.0 Å². The lowest BCUT2D eigenvalue weighted by Gasteiger charge is -2.29. The molecule has 4 nitrogen and oxygen atoms in total. The van der Waals surface area contributed by atoms with Crippen molar-refractivity contribution in [3.63, 3.8) is 0 Å². The molecular weight excluding hydrogens is 322 g/mol. The fourth-order valence-electron chi connectivity index (χ4n) is 4.56. The number of nitrogens with zero attached hydrogens (tertiary/aromatic N) is 3. The number of hydrogen-bond donors (Lipinski definition) is 0. The van der Waals surface area contributed by atoms with Crippen molar-refractivity contribution < 1.29 is 4.79 Å². The monoisotopic (exact) mass is 349 g/mol. The van der Waals surface area contributed by atoms with E-state index < -0.39 is 0 Å². The van der Waals surface area contributed by atoms with Crippen LogP contribution in [-0.2, 0) is 4.79 Å². The zero-order valence-corrected chi connectivity index (χ0v) is 15.6. The van der Waals surface area contributed by atoms with E-state index in [1.165, 1.54) is 11.1 Å². The highest BCUT2D eigenvalue weighted by atomic mass is 16.2. The Hall–Kier alpha value is -2.20. The first-order valence-corrected chi connectivity index (χ1v) is 9.55. The number of rotatable bonds is 5. The van der Waals surface area contributed by atoms with Crippen LogP contribution in [0.3, 0.4) is 0 Å². The van der Waals surface area contributed by atoms with Gasteiger partial charge in [0.2, 0.25) is 5.91 Å². The summed E-state index contributed by atoms with van der Waals surface area (Å²) in [6, 6.07) is 14.9. The standard InChI is InChI=1S/C22H27N3O/c1-24-12-10-18(21(24)17-9-6-11-23-14-17)15-25(2)22(26)20-13-19(20)16-7-4-3-5-8-16/h3-9,11,14,18-21H,10,12-13,15H2,1-2H3/t18-,19+,20+,21-/m0/s1. The van der Waals surface area contributed by atoms with Gasteiger partial charge in [0.15, 0.2) is 0 Å². The smallest absolute Gasteiger partial charge is 0.226 e. The largest absolute Gasteiger partial charge is 0.345 e. The Bertz CT molecular complexity index is 748. The Morgan fingerprint density at radius 1 is 1.19 bits per heavy atom. The predicted octanol–water partition coefficient (Wildman–Crippen LogP) is 3.34. The van der Waals surface area contributed by atoms with E-state index in [-0.39, 0.29) is 5.92 Å². The van der Waals surface area contributed by atoms with Crippen molar-refractivity contribution in [1.29, 1.82) is 0 Å². The van der Waals surface area contributed by atoms with Crippen LogP contribution in [0.4, 0.5) is 0 Å². The summed E-state index contributed by atoms with van der Waals surface area (Å²) in [5.41, 5.74) is 2.56. The minimum absolute atomic E-state index is 0.165. The fourth-order valence-corrected chi connectivity index (χ4v) is 4.56. The highest BCUT2D eigenvalue weighted by Crippen LogP contribution is 2.48. The molecule has 0 N–H and O–H groups in total.